The number of anilines is 1. The Labute approximate surface area is 181 Å². The molecule has 0 saturated heterocycles. The third-order valence-corrected chi connectivity index (χ3v) is 6.31. The van der Waals surface area contributed by atoms with Crippen LogP contribution in [-0.2, 0) is 17.8 Å². The first kappa shape index (κ1) is 19.5. The highest BCUT2D eigenvalue weighted by Gasteiger charge is 2.32. The molecule has 0 radical (unpaired) electrons. The maximum absolute atomic E-state index is 13.0. The van der Waals surface area contributed by atoms with Crippen molar-refractivity contribution in [3.63, 3.8) is 0 Å². The summed E-state index contributed by atoms with van der Waals surface area (Å²) in [4.78, 5) is 30.6. The second kappa shape index (κ2) is 7.99. The molecule has 3 aromatic rings. The lowest BCUT2D eigenvalue weighted by Crippen LogP contribution is -2.28. The van der Waals surface area contributed by atoms with Crippen LogP contribution < -0.4 is 20.1 Å². The van der Waals surface area contributed by atoms with Gasteiger partial charge in [-0.05, 0) is 54.8 Å². The average molecular weight is 439 g/mol. The van der Waals surface area contributed by atoms with Gasteiger partial charge in [-0.25, -0.2) is 9.37 Å². The Morgan fingerprint density at radius 1 is 1.13 bits per heavy atom. The second-order valence-corrected chi connectivity index (χ2v) is 8.37. The van der Waals surface area contributed by atoms with Crippen LogP contribution in [0.4, 0.5) is 9.52 Å². The number of carbonyl (C=O) groups is 2. The van der Waals surface area contributed by atoms with E-state index in [0.717, 1.165) is 16.9 Å². The molecule has 1 aliphatic carbocycles. The first-order chi connectivity index (χ1) is 15.1. The summed E-state index contributed by atoms with van der Waals surface area (Å²) < 4.78 is 23.7. The highest BCUT2D eigenvalue weighted by Crippen LogP contribution is 2.38. The molecule has 2 aliphatic rings. The number of thiazole rings is 1. The Kier molecular flexibility index (Phi) is 5.03. The van der Waals surface area contributed by atoms with Gasteiger partial charge in [0, 0.05) is 17.0 Å². The van der Waals surface area contributed by atoms with Crippen LogP contribution in [0.5, 0.6) is 11.5 Å². The number of aromatic nitrogens is 1. The van der Waals surface area contributed by atoms with E-state index in [9.17, 15) is 14.0 Å². The lowest BCUT2D eigenvalue weighted by molar-refractivity contribution is -0.122. The number of amides is 2. The molecule has 2 heterocycles. The van der Waals surface area contributed by atoms with Crippen LogP contribution >= 0.6 is 11.3 Å². The van der Waals surface area contributed by atoms with Crippen molar-refractivity contribution in [3.05, 3.63) is 70.0 Å². The van der Waals surface area contributed by atoms with E-state index in [0.29, 0.717) is 40.9 Å². The van der Waals surface area contributed by atoms with E-state index in [1.807, 2.05) is 18.2 Å². The van der Waals surface area contributed by atoms with Gasteiger partial charge >= 0.3 is 0 Å². The molecule has 1 aliphatic heterocycles. The summed E-state index contributed by atoms with van der Waals surface area (Å²) in [6, 6.07) is 10.9. The highest BCUT2D eigenvalue weighted by molar-refractivity contribution is 7.16. The standard InChI is InChI=1S/C22H18FN3O4S/c23-14-4-2-13(3-5-14)20(27)26-22-25-19-15(6-8-18(19)31-22)21(28)24-10-12-1-7-16-17(9-12)30-11-29-16/h1-5,7,9,15H,6,8,10-11H2,(H,24,28)(H,25,26,27)/t15-/m0/s1. The van der Waals surface area contributed by atoms with Gasteiger partial charge in [0.1, 0.15) is 5.82 Å². The molecule has 31 heavy (non-hydrogen) atoms. The van der Waals surface area contributed by atoms with Crippen LogP contribution in [-0.4, -0.2) is 23.6 Å². The van der Waals surface area contributed by atoms with E-state index in [1.54, 1.807) is 0 Å². The summed E-state index contributed by atoms with van der Waals surface area (Å²) in [5.41, 5.74) is 1.97. The van der Waals surface area contributed by atoms with Gasteiger partial charge < -0.3 is 14.8 Å². The van der Waals surface area contributed by atoms with Crippen molar-refractivity contribution in [1.29, 1.82) is 0 Å². The lowest BCUT2D eigenvalue weighted by Gasteiger charge is -2.11. The fourth-order valence-corrected chi connectivity index (χ4v) is 4.70. The summed E-state index contributed by atoms with van der Waals surface area (Å²) in [6.07, 6.45) is 1.43. The van der Waals surface area contributed by atoms with Crippen molar-refractivity contribution in [2.24, 2.45) is 0 Å². The molecule has 0 bridgehead atoms. The van der Waals surface area contributed by atoms with Crippen LogP contribution in [0.2, 0.25) is 0 Å². The Balaban J connectivity index is 1.23. The van der Waals surface area contributed by atoms with Gasteiger partial charge in [-0.3, -0.25) is 14.9 Å². The Morgan fingerprint density at radius 2 is 1.94 bits per heavy atom. The number of fused-ring (bicyclic) bond motifs is 2. The topological polar surface area (TPSA) is 89.6 Å². The van der Waals surface area contributed by atoms with E-state index in [1.165, 1.54) is 35.6 Å². The Morgan fingerprint density at radius 3 is 2.77 bits per heavy atom. The summed E-state index contributed by atoms with van der Waals surface area (Å²) in [6.45, 7) is 0.583. The van der Waals surface area contributed by atoms with Gasteiger partial charge in [-0.15, -0.1) is 11.3 Å². The number of ether oxygens (including phenoxy) is 2. The predicted molar refractivity (Wildman–Crippen MR) is 112 cm³/mol. The van der Waals surface area contributed by atoms with Crippen molar-refractivity contribution in [2.75, 3.05) is 12.1 Å². The number of carbonyl (C=O) groups excluding carboxylic acids is 2. The zero-order chi connectivity index (χ0) is 21.4. The third kappa shape index (κ3) is 3.96. The minimum atomic E-state index is -0.403. The molecule has 7 nitrogen and oxygen atoms in total. The van der Waals surface area contributed by atoms with Crippen molar-refractivity contribution in [1.82, 2.24) is 10.3 Å². The number of hydrogen-bond acceptors (Lipinski definition) is 6. The van der Waals surface area contributed by atoms with Crippen LogP contribution in [0.1, 0.15) is 38.8 Å². The van der Waals surface area contributed by atoms with Gasteiger partial charge in [0.2, 0.25) is 12.7 Å². The molecule has 1 atom stereocenters. The van der Waals surface area contributed by atoms with Gasteiger partial charge in [-0.1, -0.05) is 6.07 Å². The maximum Gasteiger partial charge on any atom is 0.257 e. The summed E-state index contributed by atoms with van der Waals surface area (Å²) in [7, 11) is 0. The molecular formula is C22H18FN3O4S. The minimum absolute atomic E-state index is 0.0990. The third-order valence-electron chi connectivity index (χ3n) is 5.26. The van der Waals surface area contributed by atoms with Gasteiger partial charge in [0.05, 0.1) is 11.6 Å². The van der Waals surface area contributed by atoms with Crippen LogP contribution in [0.25, 0.3) is 0 Å². The van der Waals surface area contributed by atoms with E-state index in [4.69, 9.17) is 9.47 Å². The molecule has 158 valence electrons. The van der Waals surface area contributed by atoms with Crippen molar-refractivity contribution in [3.8, 4) is 11.5 Å². The van der Waals surface area contributed by atoms with Gasteiger partial charge in [0.25, 0.3) is 5.91 Å². The first-order valence-corrected chi connectivity index (χ1v) is 10.6. The number of benzene rings is 2. The van der Waals surface area contributed by atoms with E-state index >= 15 is 0 Å². The smallest absolute Gasteiger partial charge is 0.257 e. The predicted octanol–water partition coefficient (Wildman–Crippen LogP) is 3.61. The molecule has 2 N–H and O–H groups in total. The number of rotatable bonds is 5. The zero-order valence-electron chi connectivity index (χ0n) is 16.3. The molecule has 1 aromatic heterocycles. The Hall–Kier alpha value is -3.46. The number of nitrogens with zero attached hydrogens (tertiary/aromatic N) is 1. The maximum atomic E-state index is 13.0. The molecule has 2 amide bonds. The second-order valence-electron chi connectivity index (χ2n) is 7.29. The summed E-state index contributed by atoms with van der Waals surface area (Å²) >= 11 is 1.37. The van der Waals surface area contributed by atoms with Crippen molar-refractivity contribution >= 4 is 28.3 Å². The Bertz CT molecular complexity index is 1160. The van der Waals surface area contributed by atoms with E-state index in [2.05, 4.69) is 15.6 Å². The molecule has 0 unspecified atom stereocenters. The number of aryl methyl sites for hydroxylation is 1. The minimum Gasteiger partial charge on any atom is -0.454 e. The molecule has 9 heteroatoms. The monoisotopic (exact) mass is 439 g/mol. The van der Waals surface area contributed by atoms with Crippen LogP contribution in [0, 0.1) is 5.82 Å². The molecule has 5 rings (SSSR count). The average Bonchev–Trinajstić information content (AvgIpc) is 3.47. The van der Waals surface area contributed by atoms with E-state index in [-0.39, 0.29) is 24.5 Å². The highest BCUT2D eigenvalue weighted by atomic mass is 32.1. The molecule has 2 aromatic carbocycles. The van der Waals surface area contributed by atoms with Gasteiger partial charge in [0.15, 0.2) is 16.6 Å². The van der Waals surface area contributed by atoms with Gasteiger partial charge in [-0.2, -0.15) is 0 Å². The van der Waals surface area contributed by atoms with Crippen molar-refractivity contribution < 1.29 is 23.5 Å². The first-order valence-electron chi connectivity index (χ1n) is 9.79. The molecule has 0 spiro atoms. The molecule has 0 fully saturated rings. The lowest BCUT2D eigenvalue weighted by atomic mass is 10.1. The SMILES string of the molecule is O=C(Nc1nc2c(s1)CC[C@@H]2C(=O)NCc1ccc2c(c1)OCO2)c1ccc(F)cc1. The van der Waals surface area contributed by atoms with E-state index < -0.39 is 5.82 Å². The fourth-order valence-electron chi connectivity index (χ4n) is 3.67. The largest absolute Gasteiger partial charge is 0.454 e. The zero-order valence-corrected chi connectivity index (χ0v) is 17.1. The normalized spacial score (nSPS) is 16.1. The molecular weight excluding hydrogens is 421 g/mol. The van der Waals surface area contributed by atoms with Crippen LogP contribution in [0.3, 0.4) is 0 Å². The number of halogens is 1. The number of hydrogen-bond donors (Lipinski definition) is 2. The summed E-state index contributed by atoms with van der Waals surface area (Å²) in [5, 5.41) is 6.14. The van der Waals surface area contributed by atoms with Crippen molar-refractivity contribution in [2.45, 2.75) is 25.3 Å². The fraction of sp³-hybridized carbons (Fsp3) is 0.227. The number of nitrogens with one attached hydrogen (secondary N) is 2. The van der Waals surface area contributed by atoms with Crippen LogP contribution in [0.15, 0.2) is 42.5 Å². The quantitative estimate of drug-likeness (QED) is 0.634. The summed E-state index contributed by atoms with van der Waals surface area (Å²) in [5.74, 6) is 0.162. The molecule has 0 saturated carbocycles.